The first-order valence-corrected chi connectivity index (χ1v) is 17.1. The van der Waals surface area contributed by atoms with Crippen molar-refractivity contribution in [3.8, 4) is 23.7 Å². The van der Waals surface area contributed by atoms with Crippen molar-refractivity contribution in [2.75, 3.05) is 57.9 Å². The van der Waals surface area contributed by atoms with E-state index in [9.17, 15) is 14.4 Å². The summed E-state index contributed by atoms with van der Waals surface area (Å²) < 4.78 is 44.1. The Morgan fingerprint density at radius 2 is 1.76 bits per heavy atom. The third-order valence-corrected chi connectivity index (χ3v) is 9.71. The van der Waals surface area contributed by atoms with E-state index in [0.717, 1.165) is 34.7 Å². The number of amides is 3. The lowest BCUT2D eigenvalue weighted by Crippen LogP contribution is -2.64. The smallest absolute Gasteiger partial charge is 0.410 e. The summed E-state index contributed by atoms with van der Waals surface area (Å²) >= 11 is 0. The number of likely N-dealkylation sites (tertiary alicyclic amines) is 3. The van der Waals surface area contributed by atoms with Crippen LogP contribution in [-0.4, -0.2) is 123 Å². The molecule has 2 atom stereocenters. The molecule has 3 saturated heterocycles. The number of alkyl halides is 2. The molecule has 3 fully saturated rings. The average Bonchev–Trinajstić information content (AvgIpc) is 3.50. The Balaban J connectivity index is 1.20. The molecular weight excluding hydrogens is 648 g/mol. The van der Waals surface area contributed by atoms with Crippen LogP contribution in [0.25, 0.3) is 11.2 Å². The molecule has 0 bridgehead atoms. The SMILES string of the molecule is CC#CC(=O)N1CC(F)(COC(=O)N2CCC(Nc3cc(C4=CCOCC4)nc4c(C(C)C)cnn34)CC2CC2(F)CN(C(=O)C#CC)C2)C1. The highest BCUT2D eigenvalue weighted by Gasteiger charge is 2.50. The number of piperidine rings is 1. The monoisotopic (exact) mass is 691 g/mol. The first-order valence-electron chi connectivity index (χ1n) is 17.1. The second-order valence-electron chi connectivity index (χ2n) is 13.9. The molecule has 0 radical (unpaired) electrons. The van der Waals surface area contributed by atoms with Gasteiger partial charge in [-0.25, -0.2) is 18.6 Å². The summed E-state index contributed by atoms with van der Waals surface area (Å²) in [5, 5.41) is 8.27. The zero-order valence-corrected chi connectivity index (χ0v) is 28.9. The Kier molecular flexibility index (Phi) is 10.0. The van der Waals surface area contributed by atoms with Crippen molar-refractivity contribution in [3.05, 3.63) is 29.6 Å². The van der Waals surface area contributed by atoms with Gasteiger partial charge >= 0.3 is 6.09 Å². The van der Waals surface area contributed by atoms with Crippen LogP contribution >= 0.6 is 0 Å². The minimum absolute atomic E-state index is 0.0362. The quantitative estimate of drug-likeness (QED) is 0.418. The summed E-state index contributed by atoms with van der Waals surface area (Å²) in [6.07, 6.45) is 4.70. The van der Waals surface area contributed by atoms with Crippen LogP contribution in [0.4, 0.5) is 19.4 Å². The number of halogens is 2. The average molecular weight is 692 g/mol. The van der Waals surface area contributed by atoms with Gasteiger partial charge in [0.15, 0.2) is 11.3 Å². The third kappa shape index (κ3) is 7.41. The molecule has 2 unspecified atom stereocenters. The largest absolute Gasteiger partial charge is 0.446 e. The zero-order valence-electron chi connectivity index (χ0n) is 28.9. The van der Waals surface area contributed by atoms with E-state index in [4.69, 9.17) is 14.5 Å². The molecule has 0 aromatic carbocycles. The molecule has 1 N–H and O–H groups in total. The van der Waals surface area contributed by atoms with Crippen LogP contribution in [0.3, 0.4) is 0 Å². The number of rotatable bonds is 8. The molecule has 12 nitrogen and oxygen atoms in total. The molecule has 4 aliphatic rings. The summed E-state index contributed by atoms with van der Waals surface area (Å²) in [5.41, 5.74) is 0.0752. The van der Waals surface area contributed by atoms with E-state index in [0.29, 0.717) is 26.1 Å². The number of aromatic nitrogens is 3. The molecule has 14 heteroatoms. The molecule has 0 aliphatic carbocycles. The number of ether oxygens (including phenoxy) is 2. The fourth-order valence-corrected chi connectivity index (χ4v) is 7.09. The Hall–Kier alpha value is -4.69. The third-order valence-electron chi connectivity index (χ3n) is 9.71. The van der Waals surface area contributed by atoms with E-state index in [1.54, 1.807) is 11.4 Å². The van der Waals surface area contributed by atoms with Gasteiger partial charge in [0.2, 0.25) is 0 Å². The fourth-order valence-electron chi connectivity index (χ4n) is 7.09. The summed E-state index contributed by atoms with van der Waals surface area (Å²) in [6.45, 7) is 7.38. The van der Waals surface area contributed by atoms with Crippen LogP contribution in [0.1, 0.15) is 70.6 Å². The van der Waals surface area contributed by atoms with Gasteiger partial charge in [-0.1, -0.05) is 31.8 Å². The number of carbonyl (C=O) groups excluding carboxylic acids is 3. The first kappa shape index (κ1) is 35.1. The summed E-state index contributed by atoms with van der Waals surface area (Å²) in [5.74, 6) is 9.88. The lowest BCUT2D eigenvalue weighted by molar-refractivity contribution is -0.143. The van der Waals surface area contributed by atoms with E-state index in [2.05, 4.69) is 47.9 Å². The number of nitrogens with one attached hydrogen (secondary N) is 1. The van der Waals surface area contributed by atoms with Crippen molar-refractivity contribution in [1.82, 2.24) is 29.3 Å². The van der Waals surface area contributed by atoms with Crippen LogP contribution < -0.4 is 5.32 Å². The molecule has 3 amide bonds. The van der Waals surface area contributed by atoms with Gasteiger partial charge in [-0.2, -0.15) is 9.61 Å². The topological polar surface area (TPSA) is 122 Å². The van der Waals surface area contributed by atoms with E-state index in [-0.39, 0.29) is 51.1 Å². The highest BCUT2D eigenvalue weighted by Crippen LogP contribution is 2.36. The Morgan fingerprint density at radius 1 is 1.08 bits per heavy atom. The van der Waals surface area contributed by atoms with Crippen LogP contribution in [0.2, 0.25) is 0 Å². The molecule has 0 spiro atoms. The molecule has 2 aromatic heterocycles. The van der Waals surface area contributed by atoms with Gasteiger partial charge in [0, 0.05) is 36.7 Å². The maximum absolute atomic E-state index is 16.1. The van der Waals surface area contributed by atoms with Gasteiger partial charge in [0.05, 0.1) is 51.3 Å². The van der Waals surface area contributed by atoms with Gasteiger partial charge in [0.25, 0.3) is 11.8 Å². The number of carbonyl (C=O) groups is 3. The highest BCUT2D eigenvalue weighted by molar-refractivity contribution is 5.94. The van der Waals surface area contributed by atoms with E-state index in [1.807, 2.05) is 18.3 Å². The van der Waals surface area contributed by atoms with Crippen LogP contribution in [-0.2, 0) is 19.1 Å². The Labute approximate surface area is 290 Å². The fraction of sp³-hybridized carbons (Fsp3) is 0.583. The predicted molar refractivity (Wildman–Crippen MR) is 181 cm³/mol. The number of anilines is 1. The number of fused-ring (bicyclic) bond motifs is 1. The van der Waals surface area contributed by atoms with Crippen LogP contribution in [0, 0.1) is 23.7 Å². The van der Waals surface area contributed by atoms with Crippen LogP contribution in [0.5, 0.6) is 0 Å². The van der Waals surface area contributed by atoms with Crippen molar-refractivity contribution in [2.45, 2.75) is 82.7 Å². The number of hydrogen-bond acceptors (Lipinski definition) is 8. The lowest BCUT2D eigenvalue weighted by Gasteiger charge is -2.48. The summed E-state index contributed by atoms with van der Waals surface area (Å²) in [7, 11) is 0. The van der Waals surface area contributed by atoms with Crippen molar-refractivity contribution >= 4 is 34.9 Å². The van der Waals surface area contributed by atoms with E-state index < -0.39 is 41.9 Å². The maximum atomic E-state index is 16.1. The summed E-state index contributed by atoms with van der Waals surface area (Å²) in [4.78, 5) is 46.7. The van der Waals surface area contributed by atoms with Crippen LogP contribution in [0.15, 0.2) is 18.3 Å². The van der Waals surface area contributed by atoms with Gasteiger partial charge in [0.1, 0.15) is 18.1 Å². The minimum Gasteiger partial charge on any atom is -0.446 e. The van der Waals surface area contributed by atoms with Gasteiger partial charge in [-0.15, -0.1) is 0 Å². The Bertz CT molecular complexity index is 1810. The van der Waals surface area contributed by atoms with Crippen molar-refractivity contribution in [3.63, 3.8) is 0 Å². The highest BCUT2D eigenvalue weighted by atomic mass is 19.1. The molecule has 4 aliphatic heterocycles. The Morgan fingerprint density at radius 3 is 2.38 bits per heavy atom. The van der Waals surface area contributed by atoms with Crippen molar-refractivity contribution in [2.24, 2.45) is 0 Å². The van der Waals surface area contributed by atoms with Crippen molar-refractivity contribution in [1.29, 1.82) is 0 Å². The standard InChI is InChI=1S/C36H43F2N7O5/c1-5-7-31(46)42-19-35(37,20-42)17-27-15-26(9-12-44(27)34(48)50-23-36(38)21-43(22-36)32(47)8-6-2)40-30-16-29(25-10-13-49-14-11-25)41-33-28(24(3)4)18-39-45(30)33/h10,16,18,24,26-27,40H,9,11-15,17,19-23H2,1-4H3. The number of nitrogens with zero attached hydrogens (tertiary/aromatic N) is 6. The number of hydrogen-bond donors (Lipinski definition) is 1. The van der Waals surface area contributed by atoms with Crippen molar-refractivity contribution < 1.29 is 32.6 Å². The van der Waals surface area contributed by atoms with E-state index >= 15 is 8.78 Å². The molecular formula is C36H43F2N7O5. The molecule has 0 saturated carbocycles. The van der Waals surface area contributed by atoms with Gasteiger partial charge < -0.3 is 29.5 Å². The second-order valence-corrected chi connectivity index (χ2v) is 13.9. The second kappa shape index (κ2) is 14.3. The lowest BCUT2D eigenvalue weighted by atomic mass is 9.84. The maximum Gasteiger partial charge on any atom is 0.410 e. The normalized spacial score (nSPS) is 22.3. The molecule has 6 heterocycles. The zero-order chi connectivity index (χ0) is 35.6. The first-order chi connectivity index (χ1) is 23.9. The summed E-state index contributed by atoms with van der Waals surface area (Å²) in [6, 6.07) is 1.18. The molecule has 2 aromatic rings. The van der Waals surface area contributed by atoms with Gasteiger partial charge in [-0.05, 0) is 56.4 Å². The molecule has 50 heavy (non-hydrogen) atoms. The predicted octanol–water partition coefficient (Wildman–Crippen LogP) is 3.58. The molecule has 266 valence electrons. The minimum atomic E-state index is -1.88. The molecule has 6 rings (SSSR count). The van der Waals surface area contributed by atoms with E-state index in [1.165, 1.54) is 21.6 Å². The van der Waals surface area contributed by atoms with Gasteiger partial charge in [-0.3, -0.25) is 9.59 Å².